The first-order valence-electron chi connectivity index (χ1n) is 12.3. The predicted molar refractivity (Wildman–Crippen MR) is 129 cm³/mol. The van der Waals surface area contributed by atoms with Gasteiger partial charge in [-0.15, -0.1) is 0 Å². The maximum atomic E-state index is 13.0. The lowest BCUT2D eigenvalue weighted by atomic mass is 9.48. The number of para-hydroxylation sites is 2. The number of methoxy groups -OCH3 is 1. The highest BCUT2D eigenvalue weighted by atomic mass is 16.5. The Hall–Kier alpha value is -2.77. The highest BCUT2D eigenvalue weighted by molar-refractivity contribution is 6.03. The third-order valence-electron chi connectivity index (χ3n) is 9.54. The first-order chi connectivity index (χ1) is 16.4. The molecule has 2 aromatic carbocycles. The van der Waals surface area contributed by atoms with Gasteiger partial charge in [-0.3, -0.25) is 4.79 Å². The topological polar surface area (TPSA) is 65.5 Å². The SMILES string of the molecule is COc1ccc2c3c1O[C@H]1[C@H](N4CC(=O)N(C)c5ccccc54)CC[C@@]4(O)[C@H](C2)N(C)CC[C@]314. The van der Waals surface area contributed by atoms with Gasteiger partial charge in [0.05, 0.1) is 42.1 Å². The van der Waals surface area contributed by atoms with E-state index in [9.17, 15) is 9.90 Å². The molecule has 1 amide bonds. The molecule has 7 nitrogen and oxygen atoms in total. The Morgan fingerprint density at radius 2 is 1.91 bits per heavy atom. The third-order valence-corrected chi connectivity index (χ3v) is 9.54. The zero-order chi connectivity index (χ0) is 23.4. The molecular formula is C27H31N3O4. The number of amides is 1. The van der Waals surface area contributed by atoms with Gasteiger partial charge in [-0.25, -0.2) is 0 Å². The molecule has 0 aromatic heterocycles. The summed E-state index contributed by atoms with van der Waals surface area (Å²) in [6.45, 7) is 1.23. The highest BCUT2D eigenvalue weighted by Gasteiger charge is 2.73. The van der Waals surface area contributed by atoms with E-state index in [0.717, 1.165) is 54.2 Å². The molecule has 3 heterocycles. The van der Waals surface area contributed by atoms with Gasteiger partial charge < -0.3 is 29.3 Å². The maximum Gasteiger partial charge on any atom is 0.246 e. The minimum absolute atomic E-state index is 0.0220. The Kier molecular flexibility index (Phi) is 4.04. The van der Waals surface area contributed by atoms with E-state index in [4.69, 9.17) is 9.47 Å². The minimum atomic E-state index is -0.873. The number of nitrogens with zero attached hydrogens (tertiary/aromatic N) is 3. The molecule has 0 radical (unpaired) electrons. The summed E-state index contributed by atoms with van der Waals surface area (Å²) in [7, 11) is 5.66. The van der Waals surface area contributed by atoms with Crippen LogP contribution in [0.3, 0.4) is 0 Å². The molecule has 7 heteroatoms. The first-order valence-corrected chi connectivity index (χ1v) is 12.3. The van der Waals surface area contributed by atoms with Crippen molar-refractivity contribution in [1.29, 1.82) is 0 Å². The summed E-state index contributed by atoms with van der Waals surface area (Å²) in [6.07, 6.45) is 2.85. The molecular weight excluding hydrogens is 430 g/mol. The van der Waals surface area contributed by atoms with Crippen LogP contribution < -0.4 is 19.3 Å². The van der Waals surface area contributed by atoms with Gasteiger partial charge in [0, 0.05) is 18.7 Å². The molecule has 7 rings (SSSR count). The summed E-state index contributed by atoms with van der Waals surface area (Å²) in [5.41, 5.74) is 3.02. The number of anilines is 2. The van der Waals surface area contributed by atoms with Gasteiger partial charge in [-0.2, -0.15) is 0 Å². The Labute approximate surface area is 199 Å². The molecule has 0 unspecified atom stereocenters. The molecule has 1 saturated carbocycles. The lowest BCUT2D eigenvalue weighted by Gasteiger charge is -2.64. The van der Waals surface area contributed by atoms with E-state index in [1.807, 2.05) is 31.3 Å². The lowest BCUT2D eigenvalue weighted by Crippen LogP contribution is -2.78. The molecule has 1 N–H and O–H groups in total. The number of ether oxygens (including phenoxy) is 2. The van der Waals surface area contributed by atoms with Crippen LogP contribution >= 0.6 is 0 Å². The second-order valence-electron chi connectivity index (χ2n) is 10.7. The maximum absolute atomic E-state index is 13.0. The fourth-order valence-electron chi connectivity index (χ4n) is 7.95. The van der Waals surface area contributed by atoms with E-state index in [1.54, 1.807) is 12.0 Å². The molecule has 1 saturated heterocycles. The second-order valence-corrected chi connectivity index (χ2v) is 10.7. The van der Waals surface area contributed by atoms with Crippen molar-refractivity contribution in [3.63, 3.8) is 0 Å². The van der Waals surface area contributed by atoms with E-state index < -0.39 is 11.0 Å². The molecule has 2 bridgehead atoms. The Morgan fingerprint density at radius 1 is 1.12 bits per heavy atom. The number of benzene rings is 2. The lowest BCUT2D eigenvalue weighted by molar-refractivity contribution is -0.184. The van der Waals surface area contributed by atoms with Crippen LogP contribution in [0.5, 0.6) is 11.5 Å². The van der Waals surface area contributed by atoms with Crippen molar-refractivity contribution in [2.24, 2.45) is 0 Å². The molecule has 1 spiro atoms. The van der Waals surface area contributed by atoms with Crippen molar-refractivity contribution in [3.8, 4) is 11.5 Å². The van der Waals surface area contributed by atoms with Crippen LogP contribution in [0, 0.1) is 0 Å². The van der Waals surface area contributed by atoms with Crippen LogP contribution in [0.25, 0.3) is 0 Å². The predicted octanol–water partition coefficient (Wildman–Crippen LogP) is 2.33. The zero-order valence-electron chi connectivity index (χ0n) is 20.0. The summed E-state index contributed by atoms with van der Waals surface area (Å²) in [6, 6.07) is 12.3. The van der Waals surface area contributed by atoms with Crippen LogP contribution in [0.15, 0.2) is 36.4 Å². The molecule has 3 aliphatic heterocycles. The number of likely N-dealkylation sites (tertiary alicyclic amines) is 1. The van der Waals surface area contributed by atoms with Crippen LogP contribution in [-0.2, 0) is 16.6 Å². The number of fused-ring (bicyclic) bond motifs is 1. The molecule has 34 heavy (non-hydrogen) atoms. The van der Waals surface area contributed by atoms with E-state index in [1.165, 1.54) is 5.56 Å². The highest BCUT2D eigenvalue weighted by Crippen LogP contribution is 2.66. The minimum Gasteiger partial charge on any atom is -0.493 e. The van der Waals surface area contributed by atoms with Crippen molar-refractivity contribution in [3.05, 3.63) is 47.5 Å². The Morgan fingerprint density at radius 3 is 2.71 bits per heavy atom. The fourth-order valence-corrected chi connectivity index (χ4v) is 7.95. The van der Waals surface area contributed by atoms with Gasteiger partial charge >= 0.3 is 0 Å². The van der Waals surface area contributed by atoms with Gasteiger partial charge in [0.25, 0.3) is 0 Å². The number of piperidine rings is 1. The van der Waals surface area contributed by atoms with E-state index in [0.29, 0.717) is 13.0 Å². The molecule has 2 aliphatic carbocycles. The summed E-state index contributed by atoms with van der Waals surface area (Å²) < 4.78 is 12.6. The number of carbonyl (C=O) groups excluding carboxylic acids is 1. The Bertz CT molecular complexity index is 1220. The smallest absolute Gasteiger partial charge is 0.246 e. The number of rotatable bonds is 2. The third kappa shape index (κ3) is 2.23. The molecule has 178 valence electrons. The number of likely N-dealkylation sites (N-methyl/N-ethyl adjacent to an activating group) is 2. The van der Waals surface area contributed by atoms with Crippen LogP contribution in [0.1, 0.15) is 30.4 Å². The molecule has 2 fully saturated rings. The van der Waals surface area contributed by atoms with E-state index in [2.05, 4.69) is 29.0 Å². The monoisotopic (exact) mass is 461 g/mol. The number of hydrogen-bond acceptors (Lipinski definition) is 6. The summed E-state index contributed by atoms with van der Waals surface area (Å²) in [5, 5.41) is 12.5. The Balaban J connectivity index is 1.43. The van der Waals surface area contributed by atoms with E-state index >= 15 is 0 Å². The first kappa shape index (κ1) is 20.6. The molecule has 5 atom stereocenters. The van der Waals surface area contributed by atoms with Gasteiger partial charge in [0.15, 0.2) is 11.5 Å². The number of carbonyl (C=O) groups is 1. The van der Waals surface area contributed by atoms with Gasteiger partial charge in [0.2, 0.25) is 5.91 Å². The summed E-state index contributed by atoms with van der Waals surface area (Å²) in [5.74, 6) is 1.61. The summed E-state index contributed by atoms with van der Waals surface area (Å²) >= 11 is 0. The average Bonchev–Trinajstić information content (AvgIpc) is 3.19. The standard InChI is InChI=1S/C27H31N3O4/c1-28-13-12-26-23-16-8-9-20(33-3)24(23)34-25(26)19(10-11-27(26,32)21(28)14-16)30-15-22(31)29(2)17-6-4-5-7-18(17)30/h4-9,19,21,25,32H,10-15H2,1-3H3/t19-,21+,25+,26+,27-/m1/s1. The van der Waals surface area contributed by atoms with E-state index in [-0.39, 0.29) is 24.1 Å². The van der Waals surface area contributed by atoms with Crippen LogP contribution in [0.4, 0.5) is 11.4 Å². The zero-order valence-corrected chi connectivity index (χ0v) is 20.0. The summed E-state index contributed by atoms with van der Waals surface area (Å²) in [4.78, 5) is 19.4. The number of aliphatic hydroxyl groups is 1. The average molecular weight is 462 g/mol. The van der Waals surface area contributed by atoms with Gasteiger partial charge in [0.1, 0.15) is 6.10 Å². The van der Waals surface area contributed by atoms with Crippen molar-refractivity contribution in [2.75, 3.05) is 44.1 Å². The largest absolute Gasteiger partial charge is 0.493 e. The quantitative estimate of drug-likeness (QED) is 0.741. The normalized spacial score (nSPS) is 35.5. The second kappa shape index (κ2) is 6.67. The molecule has 2 aromatic rings. The molecule has 5 aliphatic rings. The van der Waals surface area contributed by atoms with Gasteiger partial charge in [-0.1, -0.05) is 18.2 Å². The van der Waals surface area contributed by atoms with Crippen LogP contribution in [-0.4, -0.2) is 74.0 Å². The van der Waals surface area contributed by atoms with Crippen molar-refractivity contribution in [1.82, 2.24) is 4.90 Å². The van der Waals surface area contributed by atoms with Gasteiger partial charge in [-0.05, 0) is 63.0 Å². The van der Waals surface area contributed by atoms with Crippen molar-refractivity contribution < 1.29 is 19.4 Å². The van der Waals surface area contributed by atoms with Crippen molar-refractivity contribution in [2.45, 2.75) is 54.9 Å². The number of hydrogen-bond donors (Lipinski definition) is 1. The fraction of sp³-hybridized carbons (Fsp3) is 0.519. The van der Waals surface area contributed by atoms with Crippen LogP contribution in [0.2, 0.25) is 0 Å². The van der Waals surface area contributed by atoms with Crippen molar-refractivity contribution >= 4 is 17.3 Å².